The van der Waals surface area contributed by atoms with E-state index < -0.39 is 0 Å². The summed E-state index contributed by atoms with van der Waals surface area (Å²) in [7, 11) is 0. The second kappa shape index (κ2) is 4.37. The Morgan fingerprint density at radius 2 is 2.13 bits per heavy atom. The van der Waals surface area contributed by atoms with Crippen LogP contribution in [0.2, 0.25) is 0 Å². The van der Waals surface area contributed by atoms with Crippen LogP contribution in [0.5, 0.6) is 5.75 Å². The standard InChI is InChI=1S/C11H14FNO.ClH/c1-8-2-3-9(12)6-10(8)14-7-11(13)4-5-11;/h2-3,6H,4-5,7,13H2,1H3;1H. The van der Waals surface area contributed by atoms with Gasteiger partial charge in [-0.05, 0) is 31.4 Å². The molecule has 0 saturated heterocycles. The molecule has 2 rings (SSSR count). The Morgan fingerprint density at radius 3 is 2.73 bits per heavy atom. The Labute approximate surface area is 95.0 Å². The fourth-order valence-electron chi connectivity index (χ4n) is 1.26. The van der Waals surface area contributed by atoms with Gasteiger partial charge in [-0.25, -0.2) is 4.39 Å². The van der Waals surface area contributed by atoms with Crippen molar-refractivity contribution in [1.29, 1.82) is 0 Å². The predicted molar refractivity (Wildman–Crippen MR) is 60.0 cm³/mol. The number of benzene rings is 1. The van der Waals surface area contributed by atoms with Crippen LogP contribution in [-0.2, 0) is 0 Å². The Balaban J connectivity index is 0.00000112. The van der Waals surface area contributed by atoms with Crippen molar-refractivity contribution in [2.24, 2.45) is 5.73 Å². The zero-order valence-corrected chi connectivity index (χ0v) is 9.44. The number of hydrogen-bond acceptors (Lipinski definition) is 2. The van der Waals surface area contributed by atoms with Gasteiger partial charge in [0.1, 0.15) is 18.2 Å². The number of nitrogens with two attached hydrogens (primary N) is 1. The topological polar surface area (TPSA) is 35.2 Å². The van der Waals surface area contributed by atoms with Crippen molar-refractivity contribution in [2.45, 2.75) is 25.3 Å². The van der Waals surface area contributed by atoms with E-state index in [0.29, 0.717) is 12.4 Å². The van der Waals surface area contributed by atoms with Crippen molar-refractivity contribution in [3.8, 4) is 5.75 Å². The average Bonchev–Trinajstić information content (AvgIpc) is 2.87. The third-order valence-corrected chi connectivity index (χ3v) is 2.56. The molecule has 1 saturated carbocycles. The highest BCUT2D eigenvalue weighted by Gasteiger charge is 2.39. The molecule has 1 fully saturated rings. The van der Waals surface area contributed by atoms with Crippen LogP contribution in [-0.4, -0.2) is 12.1 Å². The zero-order chi connectivity index (χ0) is 10.2. The van der Waals surface area contributed by atoms with Crippen molar-refractivity contribution in [3.05, 3.63) is 29.6 Å². The van der Waals surface area contributed by atoms with E-state index in [4.69, 9.17) is 10.5 Å². The minimum absolute atomic E-state index is 0. The van der Waals surface area contributed by atoms with Crippen LogP contribution >= 0.6 is 12.4 Å². The highest BCUT2D eigenvalue weighted by atomic mass is 35.5. The van der Waals surface area contributed by atoms with Crippen LogP contribution in [0.4, 0.5) is 4.39 Å². The van der Waals surface area contributed by atoms with Gasteiger partial charge in [0, 0.05) is 6.07 Å². The molecule has 1 aliphatic rings. The smallest absolute Gasteiger partial charge is 0.126 e. The minimum atomic E-state index is -0.271. The minimum Gasteiger partial charge on any atom is -0.491 e. The maximum atomic E-state index is 12.9. The van der Waals surface area contributed by atoms with Gasteiger partial charge in [0.15, 0.2) is 0 Å². The number of ether oxygens (including phenoxy) is 1. The molecule has 0 radical (unpaired) electrons. The largest absolute Gasteiger partial charge is 0.491 e. The SMILES string of the molecule is Cc1ccc(F)cc1OCC1(N)CC1.Cl. The lowest BCUT2D eigenvalue weighted by Crippen LogP contribution is -2.29. The van der Waals surface area contributed by atoms with Gasteiger partial charge < -0.3 is 10.5 Å². The van der Waals surface area contributed by atoms with Gasteiger partial charge in [0.2, 0.25) is 0 Å². The fourth-order valence-corrected chi connectivity index (χ4v) is 1.26. The molecule has 0 aromatic heterocycles. The monoisotopic (exact) mass is 231 g/mol. The lowest BCUT2D eigenvalue weighted by molar-refractivity contribution is 0.276. The van der Waals surface area contributed by atoms with Crippen molar-refractivity contribution < 1.29 is 9.13 Å². The van der Waals surface area contributed by atoms with Crippen molar-refractivity contribution in [1.82, 2.24) is 0 Å². The van der Waals surface area contributed by atoms with Gasteiger partial charge >= 0.3 is 0 Å². The maximum absolute atomic E-state index is 12.9. The molecule has 2 N–H and O–H groups in total. The van der Waals surface area contributed by atoms with Crippen LogP contribution in [0, 0.1) is 12.7 Å². The molecule has 1 aromatic carbocycles. The van der Waals surface area contributed by atoms with E-state index in [-0.39, 0.29) is 23.8 Å². The lowest BCUT2D eigenvalue weighted by atomic mass is 10.2. The van der Waals surface area contributed by atoms with Crippen molar-refractivity contribution in [2.75, 3.05) is 6.61 Å². The van der Waals surface area contributed by atoms with Gasteiger partial charge in [0.25, 0.3) is 0 Å². The third kappa shape index (κ3) is 3.08. The third-order valence-electron chi connectivity index (χ3n) is 2.56. The molecule has 0 unspecified atom stereocenters. The Morgan fingerprint density at radius 1 is 1.47 bits per heavy atom. The van der Waals surface area contributed by atoms with Gasteiger partial charge in [-0.3, -0.25) is 0 Å². The average molecular weight is 232 g/mol. The van der Waals surface area contributed by atoms with E-state index >= 15 is 0 Å². The normalized spacial score (nSPS) is 16.7. The Hall–Kier alpha value is -0.800. The molecule has 2 nitrogen and oxygen atoms in total. The number of hydrogen-bond donors (Lipinski definition) is 1. The zero-order valence-electron chi connectivity index (χ0n) is 8.63. The van der Waals surface area contributed by atoms with E-state index in [0.717, 1.165) is 18.4 Å². The molecular weight excluding hydrogens is 217 g/mol. The van der Waals surface area contributed by atoms with E-state index in [1.165, 1.54) is 12.1 Å². The first kappa shape index (κ1) is 12.3. The summed E-state index contributed by atoms with van der Waals surface area (Å²) in [6.07, 6.45) is 2.00. The number of halogens is 2. The summed E-state index contributed by atoms with van der Waals surface area (Å²) in [6, 6.07) is 4.54. The van der Waals surface area contributed by atoms with Crippen molar-refractivity contribution >= 4 is 12.4 Å². The molecule has 1 aromatic rings. The van der Waals surface area contributed by atoms with Crippen LogP contribution in [0.15, 0.2) is 18.2 Å². The first-order valence-electron chi connectivity index (χ1n) is 4.77. The highest BCUT2D eigenvalue weighted by molar-refractivity contribution is 5.85. The van der Waals surface area contributed by atoms with Crippen LogP contribution < -0.4 is 10.5 Å². The van der Waals surface area contributed by atoms with Crippen LogP contribution in [0.1, 0.15) is 18.4 Å². The second-order valence-electron chi connectivity index (χ2n) is 4.06. The molecule has 0 bridgehead atoms. The van der Waals surface area contributed by atoms with E-state index in [9.17, 15) is 4.39 Å². The molecule has 4 heteroatoms. The summed E-state index contributed by atoms with van der Waals surface area (Å²) >= 11 is 0. The quantitative estimate of drug-likeness (QED) is 0.867. The molecule has 15 heavy (non-hydrogen) atoms. The van der Waals surface area contributed by atoms with E-state index in [2.05, 4.69) is 0 Å². The van der Waals surface area contributed by atoms with Crippen LogP contribution in [0.3, 0.4) is 0 Å². The summed E-state index contributed by atoms with van der Waals surface area (Å²) in [6.45, 7) is 2.38. The van der Waals surface area contributed by atoms with Crippen LogP contribution in [0.25, 0.3) is 0 Å². The second-order valence-corrected chi connectivity index (χ2v) is 4.06. The Kier molecular flexibility index (Phi) is 3.58. The Bertz CT molecular complexity index is 352. The summed E-state index contributed by atoms with van der Waals surface area (Å²) in [5.74, 6) is 0.328. The van der Waals surface area contributed by atoms with Gasteiger partial charge in [-0.1, -0.05) is 6.07 Å². The summed E-state index contributed by atoms with van der Waals surface area (Å²) in [5, 5.41) is 0. The molecule has 0 amide bonds. The molecule has 1 aliphatic carbocycles. The first-order chi connectivity index (χ1) is 6.59. The van der Waals surface area contributed by atoms with Gasteiger partial charge in [-0.2, -0.15) is 0 Å². The van der Waals surface area contributed by atoms with Gasteiger partial charge in [0.05, 0.1) is 5.54 Å². The lowest BCUT2D eigenvalue weighted by Gasteiger charge is -2.12. The molecule has 0 aliphatic heterocycles. The summed E-state index contributed by atoms with van der Waals surface area (Å²) in [4.78, 5) is 0. The van der Waals surface area contributed by atoms with E-state index in [1.54, 1.807) is 6.07 Å². The fraction of sp³-hybridized carbons (Fsp3) is 0.455. The van der Waals surface area contributed by atoms with Gasteiger partial charge in [-0.15, -0.1) is 12.4 Å². The molecule has 0 spiro atoms. The van der Waals surface area contributed by atoms with Crippen molar-refractivity contribution in [3.63, 3.8) is 0 Å². The molecule has 0 atom stereocenters. The molecule has 0 heterocycles. The molecular formula is C11H15ClFNO. The summed E-state index contributed by atoms with van der Waals surface area (Å²) in [5.41, 5.74) is 6.65. The number of aryl methyl sites for hydroxylation is 1. The predicted octanol–water partition coefficient (Wildman–Crippen LogP) is 2.43. The summed E-state index contributed by atoms with van der Waals surface area (Å²) < 4.78 is 18.4. The molecule has 84 valence electrons. The highest BCUT2D eigenvalue weighted by Crippen LogP contribution is 2.33. The first-order valence-corrected chi connectivity index (χ1v) is 4.77. The van der Waals surface area contributed by atoms with E-state index in [1.807, 2.05) is 6.92 Å². The maximum Gasteiger partial charge on any atom is 0.126 e. The number of rotatable bonds is 3.